The van der Waals surface area contributed by atoms with Crippen LogP contribution in [0.5, 0.6) is 0 Å². The Labute approximate surface area is 102 Å². The fourth-order valence-corrected chi connectivity index (χ4v) is 2.09. The first-order chi connectivity index (χ1) is 8.19. The Morgan fingerprint density at radius 3 is 2.82 bits per heavy atom. The van der Waals surface area contributed by atoms with Crippen LogP contribution in [0.3, 0.4) is 0 Å². The smallest absolute Gasteiger partial charge is 0.226 e. The highest BCUT2D eigenvalue weighted by Crippen LogP contribution is 2.28. The number of thioether (sulfide) groups is 1. The van der Waals surface area contributed by atoms with Crippen LogP contribution in [0.25, 0.3) is 0 Å². The van der Waals surface area contributed by atoms with Gasteiger partial charge in [-0.25, -0.2) is 4.39 Å². The molecular formula is C11H12FN3OS. The lowest BCUT2D eigenvalue weighted by Gasteiger charge is -2.03. The predicted molar refractivity (Wildman–Crippen MR) is 64.0 cm³/mol. The minimum absolute atomic E-state index is 0.304. The van der Waals surface area contributed by atoms with Gasteiger partial charge in [-0.15, -0.1) is 22.0 Å². The summed E-state index contributed by atoms with van der Waals surface area (Å²) in [4.78, 5) is 0.682. The first-order valence-corrected chi connectivity index (χ1v) is 6.16. The standard InChI is InChI=1S/C11H12FN3OS/c1-2-10-14-15-11(16-10)6-17-9-5-7(12)3-4-8(9)13/h3-5H,2,6,13H2,1H3. The van der Waals surface area contributed by atoms with Crippen LogP contribution in [0, 0.1) is 5.82 Å². The first kappa shape index (κ1) is 11.9. The number of anilines is 1. The minimum atomic E-state index is -0.304. The van der Waals surface area contributed by atoms with Crippen molar-refractivity contribution in [2.45, 2.75) is 24.0 Å². The molecule has 0 aliphatic carbocycles. The molecule has 0 fully saturated rings. The molecule has 17 heavy (non-hydrogen) atoms. The van der Waals surface area contributed by atoms with E-state index in [1.807, 2.05) is 6.92 Å². The molecule has 0 amide bonds. The molecule has 0 bridgehead atoms. The molecule has 0 aliphatic heterocycles. The van der Waals surface area contributed by atoms with E-state index in [9.17, 15) is 4.39 Å². The summed E-state index contributed by atoms with van der Waals surface area (Å²) in [7, 11) is 0. The molecule has 6 heteroatoms. The largest absolute Gasteiger partial charge is 0.424 e. The average molecular weight is 253 g/mol. The summed E-state index contributed by atoms with van der Waals surface area (Å²) in [6, 6.07) is 4.28. The van der Waals surface area contributed by atoms with Crippen molar-refractivity contribution in [2.24, 2.45) is 0 Å². The van der Waals surface area contributed by atoms with Crippen LogP contribution in [0.15, 0.2) is 27.5 Å². The number of rotatable bonds is 4. The van der Waals surface area contributed by atoms with Gasteiger partial charge >= 0.3 is 0 Å². The summed E-state index contributed by atoms with van der Waals surface area (Å²) in [6.07, 6.45) is 0.708. The van der Waals surface area contributed by atoms with Crippen molar-refractivity contribution < 1.29 is 8.81 Å². The molecule has 0 unspecified atom stereocenters. The Kier molecular flexibility index (Phi) is 3.63. The van der Waals surface area contributed by atoms with Gasteiger partial charge in [0.1, 0.15) is 5.82 Å². The molecule has 0 aliphatic rings. The molecule has 0 atom stereocenters. The Morgan fingerprint density at radius 2 is 2.12 bits per heavy atom. The predicted octanol–water partition coefficient (Wildman–Crippen LogP) is 2.65. The normalized spacial score (nSPS) is 10.7. The van der Waals surface area contributed by atoms with Crippen molar-refractivity contribution in [2.75, 3.05) is 5.73 Å². The zero-order chi connectivity index (χ0) is 12.3. The lowest BCUT2D eigenvalue weighted by molar-refractivity contribution is 0.470. The van der Waals surface area contributed by atoms with Crippen molar-refractivity contribution in [3.63, 3.8) is 0 Å². The second-order valence-corrected chi connectivity index (χ2v) is 4.43. The minimum Gasteiger partial charge on any atom is -0.424 e. The number of halogens is 1. The molecule has 90 valence electrons. The van der Waals surface area contributed by atoms with E-state index < -0.39 is 0 Å². The molecule has 1 heterocycles. The van der Waals surface area contributed by atoms with Crippen LogP contribution >= 0.6 is 11.8 Å². The molecule has 4 nitrogen and oxygen atoms in total. The van der Waals surface area contributed by atoms with Crippen LogP contribution in [0.2, 0.25) is 0 Å². The van der Waals surface area contributed by atoms with Gasteiger partial charge in [-0.2, -0.15) is 0 Å². The maximum absolute atomic E-state index is 13.0. The van der Waals surface area contributed by atoms with E-state index in [0.717, 1.165) is 0 Å². The molecule has 2 N–H and O–H groups in total. The maximum atomic E-state index is 13.0. The highest BCUT2D eigenvalue weighted by atomic mass is 32.2. The average Bonchev–Trinajstić information content (AvgIpc) is 2.78. The van der Waals surface area contributed by atoms with Crippen LogP contribution in [-0.4, -0.2) is 10.2 Å². The summed E-state index contributed by atoms with van der Waals surface area (Å²) in [5.41, 5.74) is 6.28. The number of hydrogen-bond acceptors (Lipinski definition) is 5. The number of nitrogen functional groups attached to an aromatic ring is 1. The monoisotopic (exact) mass is 253 g/mol. The summed E-state index contributed by atoms with van der Waals surface area (Å²) < 4.78 is 18.4. The molecule has 0 radical (unpaired) electrons. The number of benzene rings is 1. The Morgan fingerprint density at radius 1 is 1.35 bits per heavy atom. The highest BCUT2D eigenvalue weighted by Gasteiger charge is 2.07. The number of aryl methyl sites for hydroxylation is 1. The fraction of sp³-hybridized carbons (Fsp3) is 0.273. The number of nitrogens with two attached hydrogens (primary N) is 1. The molecule has 1 aromatic carbocycles. The van der Waals surface area contributed by atoms with Gasteiger partial charge in [0, 0.05) is 17.0 Å². The van der Waals surface area contributed by atoms with Crippen LogP contribution in [0.1, 0.15) is 18.7 Å². The zero-order valence-corrected chi connectivity index (χ0v) is 10.1. The lowest BCUT2D eigenvalue weighted by atomic mass is 10.3. The molecule has 0 spiro atoms. The van der Waals surface area contributed by atoms with E-state index in [1.165, 1.54) is 23.9 Å². The fourth-order valence-electron chi connectivity index (χ4n) is 1.26. The molecule has 2 rings (SSSR count). The Bertz CT molecular complexity index is 515. The Hall–Kier alpha value is -1.56. The Balaban J connectivity index is 2.04. The molecule has 2 aromatic rings. The van der Waals surface area contributed by atoms with Gasteiger partial charge in [-0.1, -0.05) is 6.92 Å². The topological polar surface area (TPSA) is 64.9 Å². The van der Waals surface area contributed by atoms with Crippen LogP contribution < -0.4 is 5.73 Å². The van der Waals surface area contributed by atoms with E-state index in [1.54, 1.807) is 6.07 Å². The van der Waals surface area contributed by atoms with Gasteiger partial charge in [0.2, 0.25) is 11.8 Å². The third-order valence-electron chi connectivity index (χ3n) is 2.14. The van der Waals surface area contributed by atoms with Gasteiger partial charge < -0.3 is 10.2 Å². The van der Waals surface area contributed by atoms with Crippen molar-refractivity contribution in [1.82, 2.24) is 10.2 Å². The number of nitrogens with zero attached hydrogens (tertiary/aromatic N) is 2. The summed E-state index contributed by atoms with van der Waals surface area (Å²) in [6.45, 7) is 1.94. The van der Waals surface area contributed by atoms with Crippen molar-refractivity contribution in [1.29, 1.82) is 0 Å². The second kappa shape index (κ2) is 5.18. The summed E-state index contributed by atoms with van der Waals surface area (Å²) in [5.74, 6) is 1.31. The van der Waals surface area contributed by atoms with Crippen LogP contribution in [0.4, 0.5) is 10.1 Å². The summed E-state index contributed by atoms with van der Waals surface area (Å²) in [5, 5.41) is 7.73. The zero-order valence-electron chi connectivity index (χ0n) is 9.31. The van der Waals surface area contributed by atoms with E-state index in [-0.39, 0.29) is 5.82 Å². The van der Waals surface area contributed by atoms with E-state index in [0.29, 0.717) is 34.5 Å². The van der Waals surface area contributed by atoms with E-state index in [4.69, 9.17) is 10.2 Å². The van der Waals surface area contributed by atoms with Gasteiger partial charge in [0.25, 0.3) is 0 Å². The van der Waals surface area contributed by atoms with Gasteiger partial charge in [-0.3, -0.25) is 0 Å². The SMILES string of the molecule is CCc1nnc(CSc2cc(F)ccc2N)o1. The molecule has 0 saturated carbocycles. The third-order valence-corrected chi connectivity index (χ3v) is 3.19. The molecule has 1 aromatic heterocycles. The van der Waals surface area contributed by atoms with E-state index >= 15 is 0 Å². The molecule has 0 saturated heterocycles. The lowest BCUT2D eigenvalue weighted by Crippen LogP contribution is -1.90. The van der Waals surface area contributed by atoms with E-state index in [2.05, 4.69) is 10.2 Å². The first-order valence-electron chi connectivity index (χ1n) is 5.18. The van der Waals surface area contributed by atoms with Gasteiger partial charge in [-0.05, 0) is 18.2 Å². The highest BCUT2D eigenvalue weighted by molar-refractivity contribution is 7.98. The van der Waals surface area contributed by atoms with Crippen LogP contribution in [-0.2, 0) is 12.2 Å². The maximum Gasteiger partial charge on any atom is 0.226 e. The summed E-state index contributed by atoms with van der Waals surface area (Å²) >= 11 is 1.38. The van der Waals surface area contributed by atoms with Crippen molar-refractivity contribution in [3.05, 3.63) is 35.8 Å². The second-order valence-electron chi connectivity index (χ2n) is 3.41. The van der Waals surface area contributed by atoms with Crippen molar-refractivity contribution in [3.8, 4) is 0 Å². The van der Waals surface area contributed by atoms with Gasteiger partial charge in [0.15, 0.2) is 0 Å². The quantitative estimate of drug-likeness (QED) is 0.670. The van der Waals surface area contributed by atoms with Crippen molar-refractivity contribution >= 4 is 17.4 Å². The molecular weight excluding hydrogens is 241 g/mol. The van der Waals surface area contributed by atoms with Gasteiger partial charge in [0.05, 0.1) is 5.75 Å². The number of aromatic nitrogens is 2. The number of hydrogen-bond donors (Lipinski definition) is 1. The third kappa shape index (κ3) is 2.97.